The Morgan fingerprint density at radius 1 is 1.14 bits per heavy atom. The summed E-state index contributed by atoms with van der Waals surface area (Å²) in [5.74, 6) is 1.05. The zero-order valence-corrected chi connectivity index (χ0v) is 13.2. The average molecular weight is 343 g/mol. The molecule has 0 aliphatic rings. The maximum Gasteiger partial charge on any atom is 0.222 e. The fraction of sp³-hybridized carbons (Fsp3) is 0.125. The lowest BCUT2D eigenvalue weighted by atomic mass is 10.1. The van der Waals surface area contributed by atoms with Crippen LogP contribution >= 0.6 is 15.9 Å². The van der Waals surface area contributed by atoms with Crippen molar-refractivity contribution in [1.82, 2.24) is 9.97 Å². The van der Waals surface area contributed by atoms with Gasteiger partial charge in [0, 0.05) is 18.1 Å². The van der Waals surface area contributed by atoms with Crippen LogP contribution in [0.1, 0.15) is 6.92 Å². The van der Waals surface area contributed by atoms with E-state index >= 15 is 0 Å². The number of aromatic nitrogens is 2. The minimum atomic E-state index is 0.270. The Kier molecular flexibility index (Phi) is 3.75. The molecule has 0 bridgehead atoms. The number of halogens is 1. The molecule has 0 aliphatic carbocycles. The third-order valence-corrected chi connectivity index (χ3v) is 3.93. The van der Waals surface area contributed by atoms with E-state index in [2.05, 4.69) is 68.1 Å². The summed E-state index contributed by atoms with van der Waals surface area (Å²) < 4.78 is 0.825. The molecule has 0 spiro atoms. The Hall–Kier alpha value is -2.14. The highest BCUT2D eigenvalue weighted by Gasteiger charge is 2.15. The number of nitrogen functional groups attached to an aromatic ring is 1. The molecule has 0 unspecified atom stereocenters. The molecule has 0 atom stereocenters. The summed E-state index contributed by atoms with van der Waals surface area (Å²) >= 11 is 3.51. The van der Waals surface area contributed by atoms with Crippen molar-refractivity contribution in [2.45, 2.75) is 6.92 Å². The molecule has 2 aromatic carbocycles. The molecule has 106 valence electrons. The number of anilines is 3. The van der Waals surface area contributed by atoms with Gasteiger partial charge in [0.05, 0.1) is 10.2 Å². The summed E-state index contributed by atoms with van der Waals surface area (Å²) in [4.78, 5) is 10.5. The number of rotatable bonds is 3. The van der Waals surface area contributed by atoms with Crippen molar-refractivity contribution in [3.05, 3.63) is 53.1 Å². The Labute approximate surface area is 131 Å². The van der Waals surface area contributed by atoms with Gasteiger partial charge in [-0.05, 0) is 34.3 Å². The third kappa shape index (κ3) is 2.56. The van der Waals surface area contributed by atoms with E-state index in [0.717, 1.165) is 22.5 Å². The molecule has 0 saturated heterocycles. The van der Waals surface area contributed by atoms with Crippen molar-refractivity contribution in [2.24, 2.45) is 0 Å². The first-order valence-corrected chi connectivity index (χ1v) is 7.53. The van der Waals surface area contributed by atoms with Crippen molar-refractivity contribution in [1.29, 1.82) is 0 Å². The zero-order chi connectivity index (χ0) is 14.8. The molecule has 2 N–H and O–H groups in total. The van der Waals surface area contributed by atoms with Gasteiger partial charge in [-0.2, -0.15) is 4.98 Å². The molecule has 5 heteroatoms. The fourth-order valence-corrected chi connectivity index (χ4v) is 2.84. The second-order valence-electron chi connectivity index (χ2n) is 4.64. The number of hydrogen-bond donors (Lipinski definition) is 1. The summed E-state index contributed by atoms with van der Waals surface area (Å²) in [5.41, 5.74) is 6.85. The molecule has 4 nitrogen and oxygen atoms in total. The van der Waals surface area contributed by atoms with E-state index in [9.17, 15) is 0 Å². The van der Waals surface area contributed by atoms with Gasteiger partial charge < -0.3 is 10.6 Å². The SMILES string of the molecule is CCN(c1nc(N)ncc1Br)c1cccc2ccccc12. The highest BCUT2D eigenvalue weighted by Crippen LogP contribution is 2.34. The van der Waals surface area contributed by atoms with E-state index in [1.54, 1.807) is 6.20 Å². The first-order chi connectivity index (χ1) is 10.2. The molecular weight excluding hydrogens is 328 g/mol. The summed E-state index contributed by atoms with van der Waals surface area (Å²) in [5, 5.41) is 2.39. The topological polar surface area (TPSA) is 55.0 Å². The van der Waals surface area contributed by atoms with Gasteiger partial charge in [0.15, 0.2) is 5.82 Å². The molecule has 1 heterocycles. The van der Waals surface area contributed by atoms with Gasteiger partial charge in [-0.15, -0.1) is 0 Å². The van der Waals surface area contributed by atoms with Crippen LogP contribution in [-0.4, -0.2) is 16.5 Å². The van der Waals surface area contributed by atoms with Crippen LogP contribution in [0.5, 0.6) is 0 Å². The normalized spacial score (nSPS) is 10.8. The van der Waals surface area contributed by atoms with Crippen molar-refractivity contribution in [3.8, 4) is 0 Å². The molecule has 3 rings (SSSR count). The van der Waals surface area contributed by atoms with Crippen molar-refractivity contribution in [3.63, 3.8) is 0 Å². The minimum absolute atomic E-state index is 0.270. The predicted octanol–water partition coefficient (Wildman–Crippen LogP) is 4.13. The van der Waals surface area contributed by atoms with Gasteiger partial charge in [-0.25, -0.2) is 4.98 Å². The molecule has 0 aliphatic heterocycles. The summed E-state index contributed by atoms with van der Waals surface area (Å²) in [7, 11) is 0. The Morgan fingerprint density at radius 3 is 2.71 bits per heavy atom. The van der Waals surface area contributed by atoms with Gasteiger partial charge in [0.2, 0.25) is 5.95 Å². The number of nitrogens with zero attached hydrogens (tertiary/aromatic N) is 3. The molecular formula is C16H15BrN4. The Balaban J connectivity index is 2.21. The van der Waals surface area contributed by atoms with Crippen LogP contribution in [0.25, 0.3) is 10.8 Å². The molecule has 0 saturated carbocycles. The monoisotopic (exact) mass is 342 g/mol. The van der Waals surface area contributed by atoms with Crippen LogP contribution in [0.15, 0.2) is 53.1 Å². The van der Waals surface area contributed by atoms with Gasteiger partial charge in [0.25, 0.3) is 0 Å². The van der Waals surface area contributed by atoms with E-state index < -0.39 is 0 Å². The lowest BCUT2D eigenvalue weighted by Gasteiger charge is -2.24. The number of nitrogens with two attached hydrogens (primary N) is 1. The number of fused-ring (bicyclic) bond motifs is 1. The van der Waals surface area contributed by atoms with Crippen LogP contribution < -0.4 is 10.6 Å². The first-order valence-electron chi connectivity index (χ1n) is 6.74. The first kappa shape index (κ1) is 13.8. The number of benzene rings is 2. The third-order valence-electron chi connectivity index (χ3n) is 3.37. The predicted molar refractivity (Wildman–Crippen MR) is 90.8 cm³/mol. The summed E-state index contributed by atoms with van der Waals surface area (Å²) in [6.45, 7) is 2.87. The maximum absolute atomic E-state index is 5.74. The fourth-order valence-electron chi connectivity index (χ4n) is 2.44. The van der Waals surface area contributed by atoms with Gasteiger partial charge in [-0.1, -0.05) is 36.4 Å². The highest BCUT2D eigenvalue weighted by molar-refractivity contribution is 9.10. The molecule has 21 heavy (non-hydrogen) atoms. The lowest BCUT2D eigenvalue weighted by Crippen LogP contribution is -2.19. The lowest BCUT2D eigenvalue weighted by molar-refractivity contribution is 0.978. The second-order valence-corrected chi connectivity index (χ2v) is 5.50. The van der Waals surface area contributed by atoms with Crippen LogP contribution in [-0.2, 0) is 0 Å². The van der Waals surface area contributed by atoms with Gasteiger partial charge in [0.1, 0.15) is 0 Å². The molecule has 1 aromatic heterocycles. The molecule has 0 amide bonds. The van der Waals surface area contributed by atoms with Crippen LogP contribution in [0, 0.1) is 0 Å². The Morgan fingerprint density at radius 2 is 1.90 bits per heavy atom. The van der Waals surface area contributed by atoms with E-state index in [1.165, 1.54) is 10.8 Å². The van der Waals surface area contributed by atoms with Crippen molar-refractivity contribution >= 4 is 44.2 Å². The van der Waals surface area contributed by atoms with Gasteiger partial charge >= 0.3 is 0 Å². The molecule has 3 aromatic rings. The van der Waals surface area contributed by atoms with Crippen LogP contribution in [0.4, 0.5) is 17.5 Å². The smallest absolute Gasteiger partial charge is 0.222 e. The van der Waals surface area contributed by atoms with E-state index in [1.807, 2.05) is 12.1 Å². The zero-order valence-electron chi connectivity index (χ0n) is 11.6. The van der Waals surface area contributed by atoms with Gasteiger partial charge in [-0.3, -0.25) is 0 Å². The largest absolute Gasteiger partial charge is 0.368 e. The van der Waals surface area contributed by atoms with Crippen molar-refractivity contribution in [2.75, 3.05) is 17.2 Å². The van der Waals surface area contributed by atoms with E-state index in [0.29, 0.717) is 0 Å². The summed E-state index contributed by atoms with van der Waals surface area (Å²) in [6, 6.07) is 14.6. The van der Waals surface area contributed by atoms with Crippen molar-refractivity contribution < 1.29 is 0 Å². The van der Waals surface area contributed by atoms with E-state index in [-0.39, 0.29) is 5.95 Å². The quantitative estimate of drug-likeness (QED) is 0.777. The van der Waals surface area contributed by atoms with Crippen LogP contribution in [0.3, 0.4) is 0 Å². The van der Waals surface area contributed by atoms with E-state index in [4.69, 9.17) is 5.73 Å². The molecule has 0 radical (unpaired) electrons. The summed E-state index contributed by atoms with van der Waals surface area (Å²) in [6.07, 6.45) is 1.69. The highest BCUT2D eigenvalue weighted by atomic mass is 79.9. The molecule has 0 fully saturated rings. The maximum atomic E-state index is 5.74. The standard InChI is InChI=1S/C16H15BrN4/c1-2-21(15-13(17)10-19-16(18)20-15)14-9-5-7-11-6-3-4-8-12(11)14/h3-10H,2H2,1H3,(H2,18,19,20). The second kappa shape index (κ2) is 5.69. The Bertz CT molecular complexity index is 783. The van der Waals surface area contributed by atoms with Crippen LogP contribution in [0.2, 0.25) is 0 Å². The average Bonchev–Trinajstić information content (AvgIpc) is 2.51. The number of hydrogen-bond acceptors (Lipinski definition) is 4. The minimum Gasteiger partial charge on any atom is -0.368 e.